The van der Waals surface area contributed by atoms with Crippen LogP contribution in [-0.4, -0.2) is 35.7 Å². The Labute approximate surface area is 155 Å². The Bertz CT molecular complexity index is 769. The minimum Gasteiger partial charge on any atom is -0.366 e. The third-order valence-corrected chi connectivity index (χ3v) is 7.81. The highest BCUT2D eigenvalue weighted by molar-refractivity contribution is 5.93. The predicted octanol–water partition coefficient (Wildman–Crippen LogP) is 2.82. The molecule has 2 saturated carbocycles. The van der Waals surface area contributed by atoms with Crippen molar-refractivity contribution in [2.75, 3.05) is 13.1 Å². The van der Waals surface area contributed by atoms with Gasteiger partial charge in [0.1, 0.15) is 5.78 Å². The lowest BCUT2D eigenvalue weighted by Crippen LogP contribution is -2.62. The third kappa shape index (κ3) is 2.38. The fourth-order valence-electron chi connectivity index (χ4n) is 6.29. The average molecular weight is 352 g/mol. The predicted molar refractivity (Wildman–Crippen MR) is 100 cm³/mol. The normalized spacial score (nSPS) is 33.9. The second kappa shape index (κ2) is 5.91. The van der Waals surface area contributed by atoms with E-state index in [1.807, 2.05) is 12.1 Å². The molecule has 4 nitrogen and oxygen atoms in total. The van der Waals surface area contributed by atoms with Crippen LogP contribution in [0.2, 0.25) is 0 Å². The van der Waals surface area contributed by atoms with Gasteiger partial charge in [0.15, 0.2) is 0 Å². The summed E-state index contributed by atoms with van der Waals surface area (Å²) in [5.41, 5.74) is 8.67. The number of carbonyl (C=O) groups excluding carboxylic acids is 2. The van der Waals surface area contributed by atoms with Crippen LogP contribution in [0.25, 0.3) is 0 Å². The zero-order valence-electron chi connectivity index (χ0n) is 15.4. The molecular weight excluding hydrogens is 324 g/mol. The summed E-state index contributed by atoms with van der Waals surface area (Å²) in [6.07, 6.45) is 8.65. The molecule has 1 amide bonds. The molecule has 1 heterocycles. The van der Waals surface area contributed by atoms with E-state index in [2.05, 4.69) is 11.0 Å². The van der Waals surface area contributed by atoms with Gasteiger partial charge in [0.05, 0.1) is 0 Å². The highest BCUT2D eigenvalue weighted by Gasteiger charge is 2.55. The van der Waals surface area contributed by atoms with Crippen molar-refractivity contribution in [1.29, 1.82) is 0 Å². The lowest BCUT2D eigenvalue weighted by Gasteiger charge is -2.59. The van der Waals surface area contributed by atoms with Crippen molar-refractivity contribution in [3.8, 4) is 0 Å². The number of nitrogens with zero attached hydrogens (tertiary/aromatic N) is 1. The summed E-state index contributed by atoms with van der Waals surface area (Å²) in [6.45, 7) is 2.32. The van der Waals surface area contributed by atoms with Crippen molar-refractivity contribution in [2.45, 2.75) is 62.8 Å². The van der Waals surface area contributed by atoms with E-state index in [1.165, 1.54) is 36.9 Å². The summed E-state index contributed by atoms with van der Waals surface area (Å²) in [5, 5.41) is 0. The Balaban J connectivity index is 1.56. The molecule has 138 valence electrons. The van der Waals surface area contributed by atoms with Gasteiger partial charge in [-0.2, -0.15) is 0 Å². The highest BCUT2D eigenvalue weighted by atomic mass is 16.1. The maximum Gasteiger partial charge on any atom is 0.248 e. The summed E-state index contributed by atoms with van der Waals surface area (Å²) in [5.74, 6) is 1.45. The van der Waals surface area contributed by atoms with Crippen LogP contribution in [0.5, 0.6) is 0 Å². The molecule has 0 radical (unpaired) electrons. The number of ketones is 1. The molecule has 0 spiro atoms. The zero-order chi connectivity index (χ0) is 17.9. The number of likely N-dealkylation sites (tertiary alicyclic amines) is 1. The quantitative estimate of drug-likeness (QED) is 0.910. The molecule has 4 heteroatoms. The van der Waals surface area contributed by atoms with E-state index in [9.17, 15) is 9.59 Å². The molecule has 1 unspecified atom stereocenters. The van der Waals surface area contributed by atoms with Crippen LogP contribution < -0.4 is 5.73 Å². The number of Topliss-reactive ketones (excluding diaryl/α,β-unsaturated/α-hetero) is 1. The van der Waals surface area contributed by atoms with Gasteiger partial charge in [-0.15, -0.1) is 0 Å². The molecule has 0 aromatic heterocycles. The second-order valence-electron chi connectivity index (χ2n) is 9.07. The molecule has 3 fully saturated rings. The van der Waals surface area contributed by atoms with Gasteiger partial charge in [0.25, 0.3) is 0 Å². The number of nitrogens with two attached hydrogens (primary N) is 1. The van der Waals surface area contributed by atoms with Crippen molar-refractivity contribution in [3.63, 3.8) is 0 Å². The van der Waals surface area contributed by atoms with Gasteiger partial charge in [-0.05, 0) is 73.7 Å². The lowest BCUT2D eigenvalue weighted by atomic mass is 9.52. The molecule has 2 bridgehead atoms. The van der Waals surface area contributed by atoms with Crippen LogP contribution in [0.1, 0.15) is 66.4 Å². The first-order chi connectivity index (χ1) is 12.6. The minimum absolute atomic E-state index is 0.0604. The van der Waals surface area contributed by atoms with Gasteiger partial charge in [0.2, 0.25) is 5.91 Å². The summed E-state index contributed by atoms with van der Waals surface area (Å²) in [7, 11) is 0. The largest absolute Gasteiger partial charge is 0.366 e. The number of fused-ring (bicyclic) bond motifs is 1. The Morgan fingerprint density at radius 2 is 2.12 bits per heavy atom. The molecule has 3 atom stereocenters. The molecule has 26 heavy (non-hydrogen) atoms. The molecule has 1 aromatic rings. The smallest absolute Gasteiger partial charge is 0.248 e. The SMILES string of the molecule is NC(=O)c1ccc2c(c1)[C@]13CCN(CC4CCC4)C(C2)[C@@H]1CCC(=O)C3. The Hall–Kier alpha value is -1.68. The van der Waals surface area contributed by atoms with Crippen molar-refractivity contribution in [3.05, 3.63) is 34.9 Å². The minimum atomic E-state index is -0.368. The van der Waals surface area contributed by atoms with Crippen molar-refractivity contribution in [2.24, 2.45) is 17.6 Å². The average Bonchev–Trinajstić information content (AvgIpc) is 2.58. The second-order valence-corrected chi connectivity index (χ2v) is 9.07. The van der Waals surface area contributed by atoms with E-state index in [-0.39, 0.29) is 11.3 Å². The number of hydrogen-bond acceptors (Lipinski definition) is 3. The monoisotopic (exact) mass is 352 g/mol. The van der Waals surface area contributed by atoms with Gasteiger partial charge in [-0.1, -0.05) is 12.5 Å². The van der Waals surface area contributed by atoms with Gasteiger partial charge >= 0.3 is 0 Å². The fraction of sp³-hybridized carbons (Fsp3) is 0.636. The molecule has 5 rings (SSSR count). The van der Waals surface area contributed by atoms with E-state index in [0.717, 1.165) is 38.1 Å². The molecule has 2 N–H and O–H groups in total. The molecule has 3 aliphatic carbocycles. The first-order valence-corrected chi connectivity index (χ1v) is 10.3. The maximum atomic E-state index is 12.5. The Morgan fingerprint density at radius 1 is 1.27 bits per heavy atom. The van der Waals surface area contributed by atoms with Gasteiger partial charge in [-0.25, -0.2) is 0 Å². The van der Waals surface area contributed by atoms with Crippen molar-refractivity contribution < 1.29 is 9.59 Å². The first-order valence-electron chi connectivity index (χ1n) is 10.3. The van der Waals surface area contributed by atoms with Crippen LogP contribution in [0.15, 0.2) is 18.2 Å². The number of benzene rings is 1. The van der Waals surface area contributed by atoms with Crippen LogP contribution >= 0.6 is 0 Å². The molecule has 1 aromatic carbocycles. The number of amides is 1. The number of primary amides is 1. The fourth-order valence-corrected chi connectivity index (χ4v) is 6.29. The number of piperidine rings is 1. The number of rotatable bonds is 3. The highest BCUT2D eigenvalue weighted by Crippen LogP contribution is 2.55. The van der Waals surface area contributed by atoms with E-state index < -0.39 is 0 Å². The molecule has 1 aliphatic heterocycles. The third-order valence-electron chi connectivity index (χ3n) is 7.81. The Kier molecular flexibility index (Phi) is 3.75. The van der Waals surface area contributed by atoms with Gasteiger partial charge in [-0.3, -0.25) is 14.5 Å². The standard InChI is InChI=1S/C22H28N2O2/c23-21(26)16-5-4-15-11-20-18-7-6-17(25)12-22(18,19(15)10-16)8-9-24(20)13-14-2-1-3-14/h4-5,10,14,18,20H,1-3,6-9,11-13H2,(H2,23,26)/t18-,20?,22-/m0/s1. The summed E-state index contributed by atoms with van der Waals surface area (Å²) < 4.78 is 0. The first kappa shape index (κ1) is 16.5. The van der Waals surface area contributed by atoms with E-state index in [4.69, 9.17) is 5.73 Å². The van der Waals surface area contributed by atoms with Crippen LogP contribution in [0.4, 0.5) is 0 Å². The van der Waals surface area contributed by atoms with E-state index in [1.54, 1.807) is 0 Å². The van der Waals surface area contributed by atoms with Crippen LogP contribution in [-0.2, 0) is 16.6 Å². The topological polar surface area (TPSA) is 63.4 Å². The van der Waals surface area contributed by atoms with Crippen LogP contribution in [0, 0.1) is 11.8 Å². The van der Waals surface area contributed by atoms with Crippen molar-refractivity contribution in [1.82, 2.24) is 4.90 Å². The number of hydrogen-bond donors (Lipinski definition) is 1. The van der Waals surface area contributed by atoms with E-state index in [0.29, 0.717) is 29.7 Å². The van der Waals surface area contributed by atoms with Gasteiger partial charge < -0.3 is 5.73 Å². The van der Waals surface area contributed by atoms with Crippen molar-refractivity contribution >= 4 is 11.7 Å². The van der Waals surface area contributed by atoms with Gasteiger partial charge in [0, 0.05) is 36.4 Å². The molecule has 1 saturated heterocycles. The Morgan fingerprint density at radius 3 is 2.85 bits per heavy atom. The van der Waals surface area contributed by atoms with Crippen LogP contribution in [0.3, 0.4) is 0 Å². The lowest BCUT2D eigenvalue weighted by molar-refractivity contribution is -0.127. The summed E-state index contributed by atoms with van der Waals surface area (Å²) >= 11 is 0. The summed E-state index contributed by atoms with van der Waals surface area (Å²) in [6, 6.07) is 6.55. The zero-order valence-corrected chi connectivity index (χ0v) is 15.4. The summed E-state index contributed by atoms with van der Waals surface area (Å²) in [4.78, 5) is 26.9. The molecular formula is C22H28N2O2. The maximum absolute atomic E-state index is 12.5. The van der Waals surface area contributed by atoms with E-state index >= 15 is 0 Å². The molecule has 4 aliphatic rings. The number of carbonyl (C=O) groups is 2.